The maximum Gasteiger partial charge on any atom is 0.0970 e. The first-order valence-corrected chi connectivity index (χ1v) is 5.61. The summed E-state index contributed by atoms with van der Waals surface area (Å²) in [6.07, 6.45) is 5.39. The van der Waals surface area contributed by atoms with E-state index in [1.807, 2.05) is 13.0 Å². The summed E-state index contributed by atoms with van der Waals surface area (Å²) < 4.78 is 5.55. The second kappa shape index (κ2) is 4.52. The molecule has 1 saturated carbocycles. The van der Waals surface area contributed by atoms with E-state index < -0.39 is 0 Å². The van der Waals surface area contributed by atoms with Crippen LogP contribution in [0.1, 0.15) is 25.3 Å². The molecule has 2 heteroatoms. The van der Waals surface area contributed by atoms with Crippen LogP contribution in [0.15, 0.2) is 42.2 Å². The lowest BCUT2D eigenvalue weighted by atomic mass is 9.97. The minimum Gasteiger partial charge on any atom is -0.500 e. The van der Waals surface area contributed by atoms with Gasteiger partial charge in [-0.25, -0.2) is 0 Å². The van der Waals surface area contributed by atoms with Crippen molar-refractivity contribution in [1.82, 2.24) is 0 Å². The van der Waals surface area contributed by atoms with E-state index in [0.29, 0.717) is 0 Å². The molecular weight excluding hydrogens is 198 g/mol. The van der Waals surface area contributed by atoms with E-state index in [1.165, 1.54) is 24.6 Å². The molecular formula is C14H17NO. The van der Waals surface area contributed by atoms with E-state index in [0.717, 1.165) is 12.2 Å². The number of rotatable bonds is 5. The van der Waals surface area contributed by atoms with E-state index in [-0.39, 0.29) is 5.41 Å². The number of hydrogen-bond acceptors (Lipinski definition) is 2. The van der Waals surface area contributed by atoms with Crippen molar-refractivity contribution in [3.05, 3.63) is 47.7 Å². The average Bonchev–Trinajstić information content (AvgIpc) is 3.11. The molecule has 0 saturated heterocycles. The Kier molecular flexibility index (Phi) is 3.09. The maximum absolute atomic E-state index is 7.05. The Hall–Kier alpha value is -1.57. The van der Waals surface area contributed by atoms with Crippen LogP contribution in [0.2, 0.25) is 0 Å². The van der Waals surface area contributed by atoms with Crippen LogP contribution >= 0.6 is 0 Å². The largest absolute Gasteiger partial charge is 0.500 e. The van der Waals surface area contributed by atoms with Crippen LogP contribution in [0.5, 0.6) is 0 Å². The first-order valence-electron chi connectivity index (χ1n) is 5.61. The van der Waals surface area contributed by atoms with Gasteiger partial charge < -0.3 is 10.1 Å². The van der Waals surface area contributed by atoms with Crippen molar-refractivity contribution in [2.45, 2.75) is 25.2 Å². The van der Waals surface area contributed by atoms with Crippen LogP contribution in [-0.4, -0.2) is 12.8 Å². The fraction of sp³-hybridized carbons (Fsp3) is 0.357. The summed E-state index contributed by atoms with van der Waals surface area (Å²) in [5.41, 5.74) is 2.46. The number of nitrogens with one attached hydrogen (secondary N) is 1. The third kappa shape index (κ3) is 2.32. The molecule has 1 aromatic rings. The van der Waals surface area contributed by atoms with Crippen LogP contribution in [0, 0.1) is 5.41 Å². The molecule has 0 amide bonds. The predicted octanol–water partition coefficient (Wildman–Crippen LogP) is 3.29. The highest BCUT2D eigenvalue weighted by atomic mass is 16.5. The van der Waals surface area contributed by atoms with Crippen molar-refractivity contribution in [3.63, 3.8) is 0 Å². The number of hydrogen-bond donors (Lipinski definition) is 1. The normalized spacial score (nSPS) is 17.9. The van der Waals surface area contributed by atoms with Gasteiger partial charge in [-0.1, -0.05) is 30.3 Å². The van der Waals surface area contributed by atoms with Gasteiger partial charge in [-0.05, 0) is 25.3 Å². The number of benzene rings is 1. The monoisotopic (exact) mass is 215 g/mol. The number of ether oxygens (including phenoxy) is 1. The van der Waals surface area contributed by atoms with Gasteiger partial charge in [0.2, 0.25) is 0 Å². The van der Waals surface area contributed by atoms with E-state index in [2.05, 4.69) is 24.3 Å². The molecule has 0 spiro atoms. The molecule has 2 rings (SSSR count). The van der Waals surface area contributed by atoms with Gasteiger partial charge in [-0.3, -0.25) is 0 Å². The molecule has 1 aromatic carbocycles. The molecule has 0 radical (unpaired) electrons. The Balaban J connectivity index is 1.97. The Morgan fingerprint density at radius 2 is 2.06 bits per heavy atom. The molecule has 2 nitrogen and oxygen atoms in total. The summed E-state index contributed by atoms with van der Waals surface area (Å²) in [5.74, 6) is 0. The van der Waals surface area contributed by atoms with Crippen molar-refractivity contribution in [3.8, 4) is 0 Å². The van der Waals surface area contributed by atoms with Crippen LogP contribution in [0.4, 0.5) is 0 Å². The first kappa shape index (κ1) is 10.9. The van der Waals surface area contributed by atoms with Crippen LogP contribution in [-0.2, 0) is 10.2 Å². The van der Waals surface area contributed by atoms with Gasteiger partial charge >= 0.3 is 0 Å². The molecule has 16 heavy (non-hydrogen) atoms. The van der Waals surface area contributed by atoms with E-state index >= 15 is 0 Å². The van der Waals surface area contributed by atoms with E-state index in [1.54, 1.807) is 6.26 Å². The predicted molar refractivity (Wildman–Crippen MR) is 65.8 cm³/mol. The van der Waals surface area contributed by atoms with Crippen LogP contribution < -0.4 is 0 Å². The van der Waals surface area contributed by atoms with Crippen molar-refractivity contribution >= 4 is 6.21 Å². The average molecular weight is 215 g/mol. The molecule has 0 heterocycles. The van der Waals surface area contributed by atoms with Crippen molar-refractivity contribution in [2.24, 2.45) is 0 Å². The lowest BCUT2D eigenvalue weighted by Gasteiger charge is -2.14. The molecule has 1 N–H and O–H groups in total. The van der Waals surface area contributed by atoms with Gasteiger partial charge in [0, 0.05) is 17.2 Å². The molecule has 1 aliphatic carbocycles. The van der Waals surface area contributed by atoms with Crippen molar-refractivity contribution in [2.75, 3.05) is 6.61 Å². The zero-order valence-electron chi connectivity index (χ0n) is 9.57. The number of allylic oxidation sites excluding steroid dienone is 1. The summed E-state index contributed by atoms with van der Waals surface area (Å²) in [4.78, 5) is 0. The molecule has 0 bridgehead atoms. The van der Waals surface area contributed by atoms with Gasteiger partial charge in [-0.2, -0.15) is 0 Å². The topological polar surface area (TPSA) is 33.1 Å². The van der Waals surface area contributed by atoms with Gasteiger partial charge in [-0.15, -0.1) is 0 Å². The van der Waals surface area contributed by atoms with Gasteiger partial charge in [0.05, 0.1) is 12.9 Å². The fourth-order valence-corrected chi connectivity index (χ4v) is 1.83. The molecule has 0 unspecified atom stereocenters. The zero-order chi connectivity index (χ0) is 11.4. The lowest BCUT2D eigenvalue weighted by Crippen LogP contribution is -2.13. The molecule has 84 valence electrons. The highest BCUT2D eigenvalue weighted by molar-refractivity contribution is 5.74. The Morgan fingerprint density at radius 3 is 2.62 bits per heavy atom. The highest BCUT2D eigenvalue weighted by Crippen LogP contribution is 2.48. The highest BCUT2D eigenvalue weighted by Gasteiger charge is 2.44. The summed E-state index contributed by atoms with van der Waals surface area (Å²) in [7, 11) is 0. The van der Waals surface area contributed by atoms with Crippen LogP contribution in [0.3, 0.4) is 0 Å². The summed E-state index contributed by atoms with van der Waals surface area (Å²) in [6, 6.07) is 10.5. The summed E-state index contributed by atoms with van der Waals surface area (Å²) in [6.45, 7) is 2.59. The third-order valence-corrected chi connectivity index (χ3v) is 3.10. The molecule has 1 aliphatic rings. The molecule has 0 aromatic heterocycles. The van der Waals surface area contributed by atoms with Gasteiger partial charge in [0.1, 0.15) is 0 Å². The SMILES string of the molecule is C/C(C=N)=C\OCC1(c2ccccc2)CC1. The minimum absolute atomic E-state index is 0.236. The Morgan fingerprint density at radius 1 is 1.38 bits per heavy atom. The van der Waals surface area contributed by atoms with Gasteiger partial charge in [0.15, 0.2) is 0 Å². The summed E-state index contributed by atoms with van der Waals surface area (Å²) >= 11 is 0. The molecule has 0 atom stereocenters. The Labute approximate surface area is 96.5 Å². The van der Waals surface area contributed by atoms with Crippen molar-refractivity contribution < 1.29 is 4.74 Å². The summed E-state index contributed by atoms with van der Waals surface area (Å²) in [5, 5.41) is 7.05. The van der Waals surface area contributed by atoms with E-state index in [9.17, 15) is 0 Å². The molecule has 0 aliphatic heterocycles. The van der Waals surface area contributed by atoms with Crippen LogP contribution in [0.25, 0.3) is 0 Å². The minimum atomic E-state index is 0.236. The third-order valence-electron chi connectivity index (χ3n) is 3.10. The fourth-order valence-electron chi connectivity index (χ4n) is 1.83. The maximum atomic E-state index is 7.05. The Bertz CT molecular complexity index is 390. The standard InChI is InChI=1S/C14H17NO/c1-12(9-15)10-16-11-14(7-8-14)13-5-3-2-4-6-13/h2-6,9-10,15H,7-8,11H2,1H3/b12-10+,15-9?. The molecule has 1 fully saturated rings. The quantitative estimate of drug-likeness (QED) is 0.593. The smallest absolute Gasteiger partial charge is 0.0970 e. The second-order valence-electron chi connectivity index (χ2n) is 4.46. The lowest BCUT2D eigenvalue weighted by molar-refractivity contribution is 0.216. The second-order valence-corrected chi connectivity index (χ2v) is 4.46. The van der Waals surface area contributed by atoms with Crippen molar-refractivity contribution in [1.29, 1.82) is 5.41 Å². The zero-order valence-corrected chi connectivity index (χ0v) is 9.57. The van der Waals surface area contributed by atoms with E-state index in [4.69, 9.17) is 10.1 Å². The first-order chi connectivity index (χ1) is 7.77. The van der Waals surface area contributed by atoms with Gasteiger partial charge in [0.25, 0.3) is 0 Å².